The highest BCUT2D eigenvalue weighted by molar-refractivity contribution is 6.32. The molecule has 230 valence electrons. The molecule has 0 saturated carbocycles. The maximum absolute atomic E-state index is 9.95. The number of benzene rings is 2. The summed E-state index contributed by atoms with van der Waals surface area (Å²) in [6.45, 7) is 8.85. The van der Waals surface area contributed by atoms with Crippen molar-refractivity contribution in [3.05, 3.63) is 95.0 Å². The van der Waals surface area contributed by atoms with Crippen molar-refractivity contribution in [3.63, 3.8) is 0 Å². The SMILES string of the molecule is COc1ccc(Nc2c(C#N)cnc3c(N[C@@H](c4ccccc4)c4cn(C5CCN(C(C)(C)C)CC5)nn4)cc(Cl)cc23)cn1. The van der Waals surface area contributed by atoms with E-state index in [2.05, 4.69) is 76.0 Å². The lowest BCUT2D eigenvalue weighted by molar-refractivity contribution is 0.0866. The van der Waals surface area contributed by atoms with Crippen LogP contribution in [0.3, 0.4) is 0 Å². The predicted octanol–water partition coefficient (Wildman–Crippen LogP) is 7.14. The Hall–Kier alpha value is -4.72. The van der Waals surface area contributed by atoms with Gasteiger partial charge in [0.25, 0.3) is 0 Å². The first-order valence-corrected chi connectivity index (χ1v) is 15.4. The van der Waals surface area contributed by atoms with Crippen molar-refractivity contribution in [1.29, 1.82) is 5.26 Å². The van der Waals surface area contributed by atoms with Crippen LogP contribution in [0.5, 0.6) is 5.88 Å². The van der Waals surface area contributed by atoms with Crippen LogP contribution in [-0.2, 0) is 0 Å². The fourth-order valence-corrected chi connectivity index (χ4v) is 6.07. The minimum Gasteiger partial charge on any atom is -0.481 e. The second kappa shape index (κ2) is 12.7. The quantitative estimate of drug-likeness (QED) is 0.186. The summed E-state index contributed by atoms with van der Waals surface area (Å²) in [5, 5.41) is 27.4. The summed E-state index contributed by atoms with van der Waals surface area (Å²) in [6.07, 6.45) is 7.32. The Morgan fingerprint density at radius 3 is 2.49 bits per heavy atom. The van der Waals surface area contributed by atoms with Gasteiger partial charge in [-0.2, -0.15) is 5.26 Å². The largest absolute Gasteiger partial charge is 0.481 e. The Kier molecular flexibility index (Phi) is 8.57. The Bertz CT molecular complexity index is 1820. The molecule has 45 heavy (non-hydrogen) atoms. The highest BCUT2D eigenvalue weighted by Crippen LogP contribution is 2.37. The third-order valence-corrected chi connectivity index (χ3v) is 8.53. The summed E-state index contributed by atoms with van der Waals surface area (Å²) >= 11 is 6.72. The van der Waals surface area contributed by atoms with Crippen LogP contribution in [0.15, 0.2) is 73.2 Å². The molecule has 1 aliphatic heterocycles. The summed E-state index contributed by atoms with van der Waals surface area (Å²) in [5.74, 6) is 0.495. The summed E-state index contributed by atoms with van der Waals surface area (Å²) < 4.78 is 7.21. The number of nitriles is 1. The van der Waals surface area contributed by atoms with E-state index in [1.54, 1.807) is 25.6 Å². The lowest BCUT2D eigenvalue weighted by Gasteiger charge is -2.40. The monoisotopic (exact) mass is 621 g/mol. The van der Waals surface area contributed by atoms with Gasteiger partial charge in [0.15, 0.2) is 0 Å². The number of hydrogen-bond acceptors (Lipinski definition) is 9. The standard InChI is InChI=1S/C34H36ClN9O/c1-34(2,3)43-14-12-26(13-15-43)44-21-29(41-42-44)32(22-8-6-5-7-9-22)40-28-17-24(35)16-27-31(23(18-36)19-38-33(27)28)39-25-10-11-30(45-4)37-20-25/h5-11,16-17,19-21,26,32,40H,12-15H2,1-4H3,(H,38,39)/t32-/m0/s1. The van der Waals surface area contributed by atoms with Gasteiger partial charge < -0.3 is 15.4 Å². The van der Waals surface area contributed by atoms with E-state index in [1.165, 1.54) is 0 Å². The first-order chi connectivity index (χ1) is 21.7. The Morgan fingerprint density at radius 2 is 1.82 bits per heavy atom. The minimum atomic E-state index is -0.323. The fraction of sp³-hybridized carbons (Fsp3) is 0.324. The number of ether oxygens (including phenoxy) is 1. The van der Waals surface area contributed by atoms with E-state index in [1.807, 2.05) is 41.1 Å². The van der Waals surface area contributed by atoms with Crippen molar-refractivity contribution in [3.8, 4) is 11.9 Å². The molecule has 11 heteroatoms. The zero-order valence-corrected chi connectivity index (χ0v) is 26.6. The van der Waals surface area contributed by atoms with E-state index in [-0.39, 0.29) is 11.6 Å². The number of pyridine rings is 2. The highest BCUT2D eigenvalue weighted by atomic mass is 35.5. The van der Waals surface area contributed by atoms with Crippen LogP contribution >= 0.6 is 11.6 Å². The Balaban J connectivity index is 1.35. The second-order valence-electron chi connectivity index (χ2n) is 12.2. The van der Waals surface area contributed by atoms with Gasteiger partial charge in [-0.15, -0.1) is 5.10 Å². The van der Waals surface area contributed by atoms with Gasteiger partial charge in [-0.1, -0.05) is 47.1 Å². The fourth-order valence-electron chi connectivity index (χ4n) is 5.85. The first kappa shape index (κ1) is 30.3. The number of nitrogens with one attached hydrogen (secondary N) is 2. The van der Waals surface area contributed by atoms with E-state index >= 15 is 0 Å². The van der Waals surface area contributed by atoms with Crippen LogP contribution in [0.2, 0.25) is 5.02 Å². The predicted molar refractivity (Wildman–Crippen MR) is 177 cm³/mol. The van der Waals surface area contributed by atoms with E-state index in [0.29, 0.717) is 50.5 Å². The van der Waals surface area contributed by atoms with Crippen LogP contribution in [-0.4, -0.2) is 55.6 Å². The van der Waals surface area contributed by atoms with Crippen molar-refractivity contribution >= 4 is 39.6 Å². The van der Waals surface area contributed by atoms with Crippen molar-refractivity contribution in [1.82, 2.24) is 29.9 Å². The number of halogens is 1. The molecular formula is C34H36ClN9O. The van der Waals surface area contributed by atoms with Gasteiger partial charge in [-0.3, -0.25) is 9.88 Å². The molecule has 3 aromatic heterocycles. The molecule has 0 spiro atoms. The van der Waals surface area contributed by atoms with Gasteiger partial charge in [0.2, 0.25) is 5.88 Å². The number of hydrogen-bond donors (Lipinski definition) is 2. The second-order valence-corrected chi connectivity index (χ2v) is 12.7. The van der Waals surface area contributed by atoms with Crippen LogP contribution in [0, 0.1) is 11.3 Å². The van der Waals surface area contributed by atoms with E-state index < -0.39 is 0 Å². The number of aromatic nitrogens is 5. The van der Waals surface area contributed by atoms with Crippen molar-refractivity contribution in [2.45, 2.75) is 51.2 Å². The molecule has 0 amide bonds. The Labute approximate surface area is 268 Å². The molecule has 1 saturated heterocycles. The van der Waals surface area contributed by atoms with E-state index in [9.17, 15) is 5.26 Å². The molecule has 5 aromatic rings. The Morgan fingerprint density at radius 1 is 1.04 bits per heavy atom. The number of piperidine rings is 1. The normalized spacial score (nSPS) is 15.0. The summed E-state index contributed by atoms with van der Waals surface area (Å²) in [7, 11) is 1.57. The topological polar surface area (TPSA) is 117 Å². The number of nitrogens with zero attached hydrogens (tertiary/aromatic N) is 7. The van der Waals surface area contributed by atoms with Crippen LogP contribution in [0.4, 0.5) is 17.1 Å². The molecule has 0 unspecified atom stereocenters. The van der Waals surface area contributed by atoms with Crippen molar-refractivity contribution in [2.24, 2.45) is 0 Å². The average Bonchev–Trinajstić information content (AvgIpc) is 3.54. The molecule has 4 heterocycles. The van der Waals surface area contributed by atoms with Gasteiger partial charge in [-0.25, -0.2) is 9.67 Å². The van der Waals surface area contributed by atoms with Crippen LogP contribution in [0.1, 0.15) is 62.5 Å². The number of likely N-dealkylation sites (tertiary alicyclic amines) is 1. The highest BCUT2D eigenvalue weighted by Gasteiger charge is 2.29. The molecule has 1 aliphatic rings. The minimum absolute atomic E-state index is 0.156. The number of fused-ring (bicyclic) bond motifs is 1. The van der Waals surface area contributed by atoms with Gasteiger partial charge in [0.1, 0.15) is 11.8 Å². The first-order valence-electron chi connectivity index (χ1n) is 15.0. The smallest absolute Gasteiger partial charge is 0.213 e. The number of rotatable bonds is 8. The van der Waals surface area contributed by atoms with Crippen LogP contribution < -0.4 is 15.4 Å². The molecule has 10 nitrogen and oxygen atoms in total. The molecule has 0 radical (unpaired) electrons. The zero-order valence-electron chi connectivity index (χ0n) is 25.8. The zero-order chi connectivity index (χ0) is 31.6. The average molecular weight is 622 g/mol. The maximum atomic E-state index is 9.95. The molecule has 1 fully saturated rings. The lowest BCUT2D eigenvalue weighted by atomic mass is 9.98. The van der Waals surface area contributed by atoms with E-state index in [0.717, 1.165) is 37.2 Å². The number of anilines is 3. The molecule has 1 atom stereocenters. The number of methoxy groups -OCH3 is 1. The molecular weight excluding hydrogens is 586 g/mol. The summed E-state index contributed by atoms with van der Waals surface area (Å²) in [5.41, 5.74) is 5.01. The van der Waals surface area contributed by atoms with Crippen molar-refractivity contribution < 1.29 is 4.74 Å². The summed E-state index contributed by atoms with van der Waals surface area (Å²) in [6, 6.07) is 19.6. The van der Waals surface area contributed by atoms with Gasteiger partial charge in [0, 0.05) is 41.3 Å². The van der Waals surface area contributed by atoms with Gasteiger partial charge >= 0.3 is 0 Å². The molecule has 0 bridgehead atoms. The lowest BCUT2D eigenvalue weighted by Crippen LogP contribution is -2.46. The molecule has 2 aromatic carbocycles. The summed E-state index contributed by atoms with van der Waals surface area (Å²) in [4.78, 5) is 11.5. The molecule has 6 rings (SSSR count). The molecule has 0 aliphatic carbocycles. The van der Waals surface area contributed by atoms with Gasteiger partial charge in [0.05, 0.1) is 59.7 Å². The third-order valence-electron chi connectivity index (χ3n) is 8.32. The van der Waals surface area contributed by atoms with Crippen molar-refractivity contribution in [2.75, 3.05) is 30.8 Å². The third kappa shape index (κ3) is 6.55. The van der Waals surface area contributed by atoms with E-state index in [4.69, 9.17) is 21.3 Å². The van der Waals surface area contributed by atoms with Gasteiger partial charge in [-0.05, 0) is 57.4 Å². The molecule has 2 N–H and O–H groups in total. The van der Waals surface area contributed by atoms with Crippen LogP contribution in [0.25, 0.3) is 10.9 Å². The maximum Gasteiger partial charge on any atom is 0.213 e.